The zero-order valence-electron chi connectivity index (χ0n) is 24.1. The summed E-state index contributed by atoms with van der Waals surface area (Å²) < 4.78 is 7.75. The van der Waals surface area contributed by atoms with Crippen molar-refractivity contribution in [2.75, 3.05) is 17.7 Å². The van der Waals surface area contributed by atoms with Gasteiger partial charge in [-0.05, 0) is 66.3 Å². The molecule has 0 bridgehead atoms. The predicted octanol–water partition coefficient (Wildman–Crippen LogP) is 7.37. The third kappa shape index (κ3) is 6.79. The van der Waals surface area contributed by atoms with Crippen molar-refractivity contribution in [2.24, 2.45) is 17.3 Å². The van der Waals surface area contributed by atoms with E-state index >= 15 is 0 Å². The van der Waals surface area contributed by atoms with E-state index in [9.17, 15) is 10.1 Å². The number of nitriles is 1. The van der Waals surface area contributed by atoms with Gasteiger partial charge in [0.2, 0.25) is 5.91 Å². The van der Waals surface area contributed by atoms with Crippen LogP contribution in [0.2, 0.25) is 0 Å². The molecule has 0 spiro atoms. The van der Waals surface area contributed by atoms with Crippen LogP contribution < -0.4 is 10.1 Å². The summed E-state index contributed by atoms with van der Waals surface area (Å²) in [6, 6.07) is 10.2. The zero-order valence-corrected chi connectivity index (χ0v) is 25.8. The maximum Gasteiger partial charge on any atom is 0.235 e. The lowest BCUT2D eigenvalue weighted by Crippen LogP contribution is -2.28. The summed E-state index contributed by atoms with van der Waals surface area (Å²) in [4.78, 5) is 14.2. The Morgan fingerprint density at radius 1 is 1.35 bits per heavy atom. The Hall–Kier alpha value is -3.09. The van der Waals surface area contributed by atoms with E-state index in [2.05, 4.69) is 62.8 Å². The topological polar surface area (TPSA) is 92.8 Å². The van der Waals surface area contributed by atoms with Gasteiger partial charge in [0.1, 0.15) is 16.8 Å². The third-order valence-electron chi connectivity index (χ3n) is 7.70. The first kappa shape index (κ1) is 29.9. The summed E-state index contributed by atoms with van der Waals surface area (Å²) in [6.07, 6.45) is 5.86. The molecule has 3 aromatic rings. The van der Waals surface area contributed by atoms with Crippen LogP contribution in [-0.4, -0.2) is 33.0 Å². The molecular weight excluding hydrogens is 539 g/mol. The van der Waals surface area contributed by atoms with Gasteiger partial charge in [-0.25, -0.2) is 0 Å². The summed E-state index contributed by atoms with van der Waals surface area (Å²) in [7, 11) is 0. The zero-order chi connectivity index (χ0) is 28.9. The number of nitrogens with zero attached hydrogens (tertiary/aromatic N) is 4. The highest BCUT2D eigenvalue weighted by Crippen LogP contribution is 2.45. The van der Waals surface area contributed by atoms with Crippen molar-refractivity contribution in [3.05, 3.63) is 52.9 Å². The molecule has 1 aromatic carbocycles. The summed E-state index contributed by atoms with van der Waals surface area (Å²) in [5.41, 5.74) is 2.92. The van der Waals surface area contributed by atoms with Crippen LogP contribution in [0.1, 0.15) is 63.5 Å². The van der Waals surface area contributed by atoms with Crippen molar-refractivity contribution >= 4 is 34.0 Å². The first-order valence-corrected chi connectivity index (χ1v) is 15.7. The number of rotatable bonds is 12. The molecule has 4 rings (SSSR count). The normalized spacial score (nSPS) is 15.0. The van der Waals surface area contributed by atoms with Gasteiger partial charge in [-0.2, -0.15) is 5.26 Å². The monoisotopic (exact) mass is 577 g/mol. The van der Waals surface area contributed by atoms with Gasteiger partial charge < -0.3 is 10.1 Å². The molecule has 2 aromatic heterocycles. The van der Waals surface area contributed by atoms with Crippen molar-refractivity contribution in [3.63, 3.8) is 0 Å². The van der Waals surface area contributed by atoms with E-state index in [0.717, 1.165) is 42.6 Å². The molecule has 1 aliphatic rings. The number of benzene rings is 1. The second kappa shape index (κ2) is 13.0. The molecule has 9 heteroatoms. The highest BCUT2D eigenvalue weighted by molar-refractivity contribution is 7.99. The third-order valence-corrected chi connectivity index (χ3v) is 9.84. The number of ether oxygens (including phenoxy) is 1. The van der Waals surface area contributed by atoms with E-state index in [4.69, 9.17) is 4.74 Å². The number of carbonyl (C=O) groups is 1. The number of allylic oxidation sites excluding steroid dienone is 1. The number of carbonyl (C=O) groups excluding carboxylic acids is 1. The van der Waals surface area contributed by atoms with Gasteiger partial charge in [0.25, 0.3) is 0 Å². The molecule has 0 saturated carbocycles. The fourth-order valence-corrected chi connectivity index (χ4v) is 6.95. The number of aromatic nitrogens is 3. The van der Waals surface area contributed by atoms with E-state index in [1.54, 1.807) is 17.4 Å². The minimum absolute atomic E-state index is 0.160. The van der Waals surface area contributed by atoms with Crippen LogP contribution in [-0.2, 0) is 24.2 Å². The lowest BCUT2D eigenvalue weighted by Gasteiger charge is -2.36. The van der Waals surface area contributed by atoms with Crippen LogP contribution in [0, 0.1) is 28.6 Å². The minimum atomic E-state index is -0.160. The second-order valence-corrected chi connectivity index (χ2v) is 13.4. The smallest absolute Gasteiger partial charge is 0.235 e. The maximum absolute atomic E-state index is 13.0. The Morgan fingerprint density at radius 3 is 2.75 bits per heavy atom. The van der Waals surface area contributed by atoms with Gasteiger partial charge in [0.05, 0.1) is 17.9 Å². The average Bonchev–Trinajstić information content (AvgIpc) is 3.50. The fourth-order valence-electron chi connectivity index (χ4n) is 4.91. The van der Waals surface area contributed by atoms with Crippen molar-refractivity contribution in [1.29, 1.82) is 5.26 Å². The summed E-state index contributed by atoms with van der Waals surface area (Å²) in [6.45, 7) is 16.2. The van der Waals surface area contributed by atoms with Crippen molar-refractivity contribution in [2.45, 2.75) is 72.0 Å². The van der Waals surface area contributed by atoms with Crippen LogP contribution in [0.5, 0.6) is 5.75 Å². The predicted molar refractivity (Wildman–Crippen MR) is 164 cm³/mol. The fraction of sp³-hybridized carbons (Fsp3) is 0.484. The van der Waals surface area contributed by atoms with Crippen molar-refractivity contribution < 1.29 is 9.53 Å². The summed E-state index contributed by atoms with van der Waals surface area (Å²) in [5.74, 6) is 2.57. The van der Waals surface area contributed by atoms with E-state index in [1.807, 2.05) is 28.8 Å². The molecule has 1 amide bonds. The number of nitrogens with one attached hydrogen (secondary N) is 1. The van der Waals surface area contributed by atoms with Crippen LogP contribution in [0.15, 0.2) is 42.1 Å². The van der Waals surface area contributed by atoms with Crippen molar-refractivity contribution in [1.82, 2.24) is 14.8 Å². The Morgan fingerprint density at radius 2 is 2.10 bits per heavy atom. The van der Waals surface area contributed by atoms with Gasteiger partial charge in [-0.1, -0.05) is 58.9 Å². The number of anilines is 1. The Labute approximate surface area is 246 Å². The number of hydrogen-bond donors (Lipinski definition) is 1. The van der Waals surface area contributed by atoms with Gasteiger partial charge in [-0.15, -0.1) is 28.1 Å². The van der Waals surface area contributed by atoms with E-state index in [0.29, 0.717) is 46.5 Å². The Balaban J connectivity index is 1.43. The molecule has 1 N–H and O–H groups in total. The first-order valence-electron chi connectivity index (χ1n) is 13.9. The highest BCUT2D eigenvalue weighted by atomic mass is 32.2. The molecule has 7 nitrogen and oxygen atoms in total. The summed E-state index contributed by atoms with van der Waals surface area (Å²) in [5, 5.41) is 23.0. The highest BCUT2D eigenvalue weighted by Gasteiger charge is 2.34. The quantitative estimate of drug-likeness (QED) is 0.178. The number of thioether (sulfide) groups is 1. The number of fused-ring (bicyclic) bond motifs is 1. The SMILES string of the molecule is C=CCn1c(SCC(=O)Nc2sc3c(c2C#N)CCC(C(C)(C)CC)C3)nnc1-c1ccc(OCC(C)C)cc1. The second-order valence-electron chi connectivity index (χ2n) is 11.4. The van der Waals surface area contributed by atoms with Crippen molar-refractivity contribution in [3.8, 4) is 23.2 Å². The molecule has 0 aliphatic heterocycles. The molecule has 1 atom stereocenters. The number of amides is 1. The molecule has 212 valence electrons. The molecule has 0 radical (unpaired) electrons. The molecular formula is C31H39N5O2S2. The van der Waals surface area contributed by atoms with Crippen LogP contribution in [0.25, 0.3) is 11.4 Å². The van der Waals surface area contributed by atoms with E-state index in [-0.39, 0.29) is 17.1 Å². The van der Waals surface area contributed by atoms with Gasteiger partial charge in [-0.3, -0.25) is 9.36 Å². The largest absolute Gasteiger partial charge is 0.493 e. The van der Waals surface area contributed by atoms with Crippen LogP contribution >= 0.6 is 23.1 Å². The number of hydrogen-bond acceptors (Lipinski definition) is 7. The van der Waals surface area contributed by atoms with Gasteiger partial charge >= 0.3 is 0 Å². The van der Waals surface area contributed by atoms with Crippen LogP contribution in [0.4, 0.5) is 5.00 Å². The lowest BCUT2D eigenvalue weighted by molar-refractivity contribution is -0.113. The van der Waals surface area contributed by atoms with E-state index < -0.39 is 0 Å². The Bertz CT molecular complexity index is 1380. The molecule has 40 heavy (non-hydrogen) atoms. The Kier molecular flexibility index (Phi) is 9.75. The molecule has 1 aliphatic carbocycles. The average molecular weight is 578 g/mol. The first-order chi connectivity index (χ1) is 19.2. The van der Waals surface area contributed by atoms with Gasteiger partial charge in [0.15, 0.2) is 11.0 Å². The lowest BCUT2D eigenvalue weighted by atomic mass is 9.69. The molecule has 0 saturated heterocycles. The summed E-state index contributed by atoms with van der Waals surface area (Å²) >= 11 is 2.89. The van der Waals surface area contributed by atoms with Gasteiger partial charge in [0, 0.05) is 17.0 Å². The molecule has 2 heterocycles. The standard InChI is InChI=1S/C31H39N5O2S2/c1-7-15-36-28(21-9-12-23(13-10-21)38-18-20(3)4)34-35-30(36)39-19-27(37)33-29-25(17-32)24-14-11-22(16-26(24)40-29)31(5,6)8-2/h7,9-10,12-13,20,22H,1,8,11,14-16,18-19H2,2-6H3,(H,33,37). The minimum Gasteiger partial charge on any atom is -0.493 e. The molecule has 1 unspecified atom stereocenters. The van der Waals surface area contributed by atoms with E-state index in [1.165, 1.54) is 16.6 Å². The maximum atomic E-state index is 13.0. The number of thiophene rings is 1. The molecule has 0 fully saturated rings. The van der Waals surface area contributed by atoms with Crippen LogP contribution in [0.3, 0.4) is 0 Å².